The molecule has 0 unspecified atom stereocenters. The number of thioether (sulfide) groups is 1. The molecule has 0 saturated heterocycles. The van der Waals surface area contributed by atoms with Crippen LogP contribution < -0.4 is 14.9 Å². The molecule has 8 nitrogen and oxygen atoms in total. The molecule has 5 rings (SSSR count). The maximum atomic E-state index is 12.6. The SMILES string of the molecule is COc1ccc(-n2c(SCC(=O)N/N=C\c3cccc(Oc4ccccc4)c3)nnc2-c2ccccc2)cc1. The fourth-order valence-electron chi connectivity index (χ4n) is 3.73. The fourth-order valence-corrected chi connectivity index (χ4v) is 4.47. The Kier molecular flexibility index (Phi) is 8.30. The summed E-state index contributed by atoms with van der Waals surface area (Å²) in [6.45, 7) is 0. The fraction of sp³-hybridized carbons (Fsp3) is 0.0667. The number of hydrazone groups is 1. The van der Waals surface area contributed by atoms with Gasteiger partial charge in [-0.15, -0.1) is 10.2 Å². The molecule has 5 aromatic rings. The minimum atomic E-state index is -0.265. The Morgan fingerprint density at radius 3 is 2.33 bits per heavy atom. The van der Waals surface area contributed by atoms with E-state index in [0.29, 0.717) is 16.7 Å². The van der Waals surface area contributed by atoms with Gasteiger partial charge >= 0.3 is 0 Å². The average molecular weight is 536 g/mol. The summed E-state index contributed by atoms with van der Waals surface area (Å²) in [5, 5.41) is 13.5. The van der Waals surface area contributed by atoms with Gasteiger partial charge in [0.05, 0.1) is 19.1 Å². The average Bonchev–Trinajstić information content (AvgIpc) is 3.41. The van der Waals surface area contributed by atoms with E-state index in [4.69, 9.17) is 9.47 Å². The third-order valence-electron chi connectivity index (χ3n) is 5.57. The quantitative estimate of drug-likeness (QED) is 0.134. The molecule has 0 bridgehead atoms. The van der Waals surface area contributed by atoms with E-state index in [0.717, 1.165) is 28.3 Å². The van der Waals surface area contributed by atoms with Crippen LogP contribution in [0.4, 0.5) is 0 Å². The van der Waals surface area contributed by atoms with Gasteiger partial charge in [-0.3, -0.25) is 9.36 Å². The van der Waals surface area contributed by atoms with Crippen LogP contribution in [0.1, 0.15) is 5.56 Å². The smallest absolute Gasteiger partial charge is 0.250 e. The van der Waals surface area contributed by atoms with E-state index in [2.05, 4.69) is 20.7 Å². The molecule has 1 N–H and O–H groups in total. The molecule has 9 heteroatoms. The summed E-state index contributed by atoms with van der Waals surface area (Å²) in [4.78, 5) is 12.6. The van der Waals surface area contributed by atoms with Crippen LogP contribution in [-0.2, 0) is 4.79 Å². The molecule has 1 heterocycles. The number of ether oxygens (including phenoxy) is 2. The Hall–Kier alpha value is -4.89. The highest BCUT2D eigenvalue weighted by Gasteiger charge is 2.17. The number of rotatable bonds is 10. The third kappa shape index (κ3) is 6.71. The number of nitrogens with zero attached hydrogens (tertiary/aromatic N) is 4. The molecular formula is C30H25N5O3S. The first-order valence-electron chi connectivity index (χ1n) is 12.1. The zero-order valence-corrected chi connectivity index (χ0v) is 21.9. The van der Waals surface area contributed by atoms with E-state index in [-0.39, 0.29) is 11.7 Å². The minimum Gasteiger partial charge on any atom is -0.497 e. The molecule has 0 radical (unpaired) electrons. The van der Waals surface area contributed by atoms with Crippen molar-refractivity contribution in [3.05, 3.63) is 115 Å². The minimum absolute atomic E-state index is 0.109. The summed E-state index contributed by atoms with van der Waals surface area (Å²) in [6.07, 6.45) is 1.58. The number of methoxy groups -OCH3 is 1. The van der Waals surface area contributed by atoms with Crippen molar-refractivity contribution in [3.8, 4) is 34.3 Å². The van der Waals surface area contributed by atoms with Crippen molar-refractivity contribution in [2.75, 3.05) is 12.9 Å². The molecule has 0 aliphatic rings. The number of nitrogens with one attached hydrogen (secondary N) is 1. The maximum absolute atomic E-state index is 12.6. The standard InChI is InChI=1S/C30H25N5O3S/c1-37-25-17-15-24(16-18-25)35-29(23-10-4-2-5-11-23)33-34-30(35)39-21-28(36)32-31-20-22-9-8-14-27(19-22)38-26-12-6-3-7-13-26/h2-20H,21H2,1H3,(H,32,36)/b31-20-. The van der Waals surface area contributed by atoms with Crippen LogP contribution in [0.2, 0.25) is 0 Å². The highest BCUT2D eigenvalue weighted by Crippen LogP contribution is 2.29. The second-order valence-electron chi connectivity index (χ2n) is 8.28. The van der Waals surface area contributed by atoms with Crippen LogP contribution in [0.25, 0.3) is 17.1 Å². The van der Waals surface area contributed by atoms with Crippen molar-refractivity contribution in [3.63, 3.8) is 0 Å². The van der Waals surface area contributed by atoms with Gasteiger partial charge in [0.15, 0.2) is 11.0 Å². The highest BCUT2D eigenvalue weighted by molar-refractivity contribution is 7.99. The summed E-state index contributed by atoms with van der Waals surface area (Å²) >= 11 is 1.28. The molecule has 1 amide bonds. The maximum Gasteiger partial charge on any atom is 0.250 e. The lowest BCUT2D eigenvalue weighted by Crippen LogP contribution is -2.20. The van der Waals surface area contributed by atoms with E-state index >= 15 is 0 Å². The summed E-state index contributed by atoms with van der Waals surface area (Å²) in [5.74, 6) is 2.70. The van der Waals surface area contributed by atoms with Gasteiger partial charge in [0.25, 0.3) is 5.91 Å². The van der Waals surface area contributed by atoms with E-state index in [1.54, 1.807) is 13.3 Å². The zero-order chi connectivity index (χ0) is 26.9. The summed E-state index contributed by atoms with van der Waals surface area (Å²) in [5.41, 5.74) is 5.15. The summed E-state index contributed by atoms with van der Waals surface area (Å²) in [6, 6.07) is 34.4. The number of hydrogen-bond acceptors (Lipinski definition) is 7. The monoisotopic (exact) mass is 535 g/mol. The Morgan fingerprint density at radius 1 is 0.872 bits per heavy atom. The molecule has 0 aliphatic carbocycles. The van der Waals surface area contributed by atoms with Gasteiger partial charge in [0.1, 0.15) is 17.2 Å². The Balaban J connectivity index is 1.25. The third-order valence-corrected chi connectivity index (χ3v) is 6.50. The predicted molar refractivity (Wildman–Crippen MR) is 153 cm³/mol. The van der Waals surface area contributed by atoms with Crippen molar-refractivity contribution >= 4 is 23.9 Å². The van der Waals surface area contributed by atoms with Crippen molar-refractivity contribution < 1.29 is 14.3 Å². The molecule has 0 spiro atoms. The van der Waals surface area contributed by atoms with Crippen LogP contribution in [-0.4, -0.2) is 39.7 Å². The van der Waals surface area contributed by atoms with Gasteiger partial charge in [-0.25, -0.2) is 5.43 Å². The van der Waals surface area contributed by atoms with E-state index in [9.17, 15) is 4.79 Å². The highest BCUT2D eigenvalue weighted by atomic mass is 32.2. The number of amides is 1. The lowest BCUT2D eigenvalue weighted by Gasteiger charge is -2.11. The van der Waals surface area contributed by atoms with Gasteiger partial charge in [-0.05, 0) is 54.1 Å². The number of carbonyl (C=O) groups excluding carboxylic acids is 1. The molecule has 1 aromatic heterocycles. The van der Waals surface area contributed by atoms with Crippen LogP contribution in [0.3, 0.4) is 0 Å². The lowest BCUT2D eigenvalue weighted by atomic mass is 10.2. The first-order valence-corrected chi connectivity index (χ1v) is 13.1. The lowest BCUT2D eigenvalue weighted by molar-refractivity contribution is -0.118. The van der Waals surface area contributed by atoms with Crippen LogP contribution >= 0.6 is 11.8 Å². The number of benzene rings is 4. The first kappa shape index (κ1) is 25.7. The van der Waals surface area contributed by atoms with E-state index < -0.39 is 0 Å². The largest absolute Gasteiger partial charge is 0.497 e. The van der Waals surface area contributed by atoms with Gasteiger partial charge in [0.2, 0.25) is 0 Å². The number of hydrogen-bond donors (Lipinski definition) is 1. The van der Waals surface area contributed by atoms with Crippen molar-refractivity contribution in [2.24, 2.45) is 5.10 Å². The molecule has 0 atom stereocenters. The van der Waals surface area contributed by atoms with E-state index in [1.165, 1.54) is 11.8 Å². The molecule has 0 fully saturated rings. The Morgan fingerprint density at radius 2 is 1.59 bits per heavy atom. The van der Waals surface area contributed by atoms with Crippen LogP contribution in [0.15, 0.2) is 119 Å². The van der Waals surface area contributed by atoms with Gasteiger partial charge in [0, 0.05) is 11.3 Å². The molecule has 4 aromatic carbocycles. The van der Waals surface area contributed by atoms with Crippen LogP contribution in [0.5, 0.6) is 17.2 Å². The molecule has 0 saturated carbocycles. The summed E-state index contributed by atoms with van der Waals surface area (Å²) in [7, 11) is 1.63. The first-order chi connectivity index (χ1) is 19.2. The van der Waals surface area contributed by atoms with Crippen molar-refractivity contribution in [1.29, 1.82) is 0 Å². The normalized spacial score (nSPS) is 10.9. The Bertz CT molecular complexity index is 1560. The van der Waals surface area contributed by atoms with Crippen molar-refractivity contribution in [1.82, 2.24) is 20.2 Å². The van der Waals surface area contributed by atoms with E-state index in [1.807, 2.05) is 114 Å². The second-order valence-corrected chi connectivity index (χ2v) is 9.22. The second kappa shape index (κ2) is 12.6. The number of aromatic nitrogens is 3. The molecule has 39 heavy (non-hydrogen) atoms. The van der Waals surface area contributed by atoms with Crippen LogP contribution in [0, 0.1) is 0 Å². The predicted octanol–water partition coefficient (Wildman–Crippen LogP) is 5.98. The molecule has 194 valence electrons. The molecule has 0 aliphatic heterocycles. The Labute approximate surface area is 230 Å². The topological polar surface area (TPSA) is 90.6 Å². The number of carbonyl (C=O) groups is 1. The summed E-state index contributed by atoms with van der Waals surface area (Å²) < 4.78 is 13.1. The molecular weight excluding hydrogens is 510 g/mol. The van der Waals surface area contributed by atoms with Crippen molar-refractivity contribution in [2.45, 2.75) is 5.16 Å². The number of para-hydroxylation sites is 1. The van der Waals surface area contributed by atoms with Gasteiger partial charge in [-0.1, -0.05) is 72.4 Å². The zero-order valence-electron chi connectivity index (χ0n) is 21.1. The van der Waals surface area contributed by atoms with Gasteiger partial charge < -0.3 is 9.47 Å². The van der Waals surface area contributed by atoms with Gasteiger partial charge in [-0.2, -0.15) is 5.10 Å².